The summed E-state index contributed by atoms with van der Waals surface area (Å²) < 4.78 is 0. The molecule has 1 fully saturated rings. The quantitative estimate of drug-likeness (QED) is 0.788. The lowest BCUT2D eigenvalue weighted by Crippen LogP contribution is -2.46. The minimum Gasteiger partial charge on any atom is -0.384 e. The first-order chi connectivity index (χ1) is 7.69. The number of hydrogen-bond donors (Lipinski definition) is 1. The van der Waals surface area contributed by atoms with Crippen molar-refractivity contribution in [3.05, 3.63) is 11.9 Å². The molecule has 0 amide bonds. The molecule has 0 unspecified atom stereocenters. The number of piperazine rings is 1. The van der Waals surface area contributed by atoms with E-state index < -0.39 is 0 Å². The van der Waals surface area contributed by atoms with E-state index in [4.69, 9.17) is 5.73 Å². The number of anilines is 2. The number of aryl methyl sites for hydroxylation is 1. The van der Waals surface area contributed by atoms with Gasteiger partial charge in [-0.25, -0.2) is 9.97 Å². The Labute approximate surface area is 96.3 Å². The van der Waals surface area contributed by atoms with Crippen LogP contribution in [0.2, 0.25) is 0 Å². The predicted molar refractivity (Wildman–Crippen MR) is 65.5 cm³/mol. The van der Waals surface area contributed by atoms with Gasteiger partial charge in [-0.1, -0.05) is 6.92 Å². The van der Waals surface area contributed by atoms with Crippen molar-refractivity contribution in [1.29, 1.82) is 0 Å². The predicted octanol–water partition coefficient (Wildman–Crippen LogP) is 0.509. The highest BCUT2D eigenvalue weighted by molar-refractivity contribution is 5.47. The van der Waals surface area contributed by atoms with Crippen LogP contribution in [0.3, 0.4) is 0 Å². The second-order valence-corrected chi connectivity index (χ2v) is 4.12. The summed E-state index contributed by atoms with van der Waals surface area (Å²) in [4.78, 5) is 13.2. The Morgan fingerprint density at radius 3 is 2.50 bits per heavy atom. The number of hydrogen-bond acceptors (Lipinski definition) is 5. The number of aromatic nitrogens is 2. The molecular weight excluding hydrogens is 202 g/mol. The van der Waals surface area contributed by atoms with E-state index in [0.29, 0.717) is 5.82 Å². The fourth-order valence-electron chi connectivity index (χ4n) is 2.03. The van der Waals surface area contributed by atoms with Crippen molar-refractivity contribution in [3.8, 4) is 0 Å². The first-order valence-electron chi connectivity index (χ1n) is 5.77. The average Bonchev–Trinajstić information content (AvgIpc) is 2.28. The van der Waals surface area contributed by atoms with E-state index in [1.807, 2.05) is 13.0 Å². The van der Waals surface area contributed by atoms with Crippen molar-refractivity contribution in [2.24, 2.45) is 0 Å². The Balaban J connectivity index is 2.08. The topological polar surface area (TPSA) is 58.3 Å². The van der Waals surface area contributed by atoms with E-state index in [2.05, 4.69) is 26.7 Å². The molecule has 2 heterocycles. The maximum Gasteiger partial charge on any atom is 0.134 e. The largest absolute Gasteiger partial charge is 0.384 e. The standard InChI is InChI=1S/C11H19N5/c1-3-15-4-6-16(7-5-15)11-8-10(12)13-9(2)14-11/h8H,3-7H2,1-2H3,(H2,12,13,14). The molecule has 16 heavy (non-hydrogen) atoms. The Morgan fingerprint density at radius 2 is 1.94 bits per heavy atom. The third kappa shape index (κ3) is 2.41. The zero-order valence-corrected chi connectivity index (χ0v) is 9.98. The van der Waals surface area contributed by atoms with Crippen LogP contribution in [-0.2, 0) is 0 Å². The van der Waals surface area contributed by atoms with Gasteiger partial charge in [0, 0.05) is 32.2 Å². The minimum absolute atomic E-state index is 0.556. The van der Waals surface area contributed by atoms with Crippen molar-refractivity contribution in [1.82, 2.24) is 14.9 Å². The first-order valence-corrected chi connectivity index (χ1v) is 5.77. The smallest absolute Gasteiger partial charge is 0.134 e. The van der Waals surface area contributed by atoms with Crippen LogP contribution in [0.25, 0.3) is 0 Å². The molecule has 0 atom stereocenters. The highest BCUT2D eigenvalue weighted by Gasteiger charge is 2.17. The Kier molecular flexibility index (Phi) is 3.24. The van der Waals surface area contributed by atoms with Crippen molar-refractivity contribution in [2.75, 3.05) is 43.4 Å². The molecule has 2 rings (SSSR count). The second-order valence-electron chi connectivity index (χ2n) is 4.12. The van der Waals surface area contributed by atoms with E-state index >= 15 is 0 Å². The van der Waals surface area contributed by atoms with Gasteiger partial charge in [0.2, 0.25) is 0 Å². The summed E-state index contributed by atoms with van der Waals surface area (Å²) in [5.74, 6) is 2.26. The molecule has 1 aromatic rings. The van der Waals surface area contributed by atoms with Crippen molar-refractivity contribution in [3.63, 3.8) is 0 Å². The Bertz CT molecular complexity index is 337. The molecule has 0 aromatic carbocycles. The van der Waals surface area contributed by atoms with E-state index in [1.165, 1.54) is 0 Å². The summed E-state index contributed by atoms with van der Waals surface area (Å²) >= 11 is 0. The summed E-state index contributed by atoms with van der Waals surface area (Å²) in [6.07, 6.45) is 0. The summed E-state index contributed by atoms with van der Waals surface area (Å²) in [6, 6.07) is 1.86. The third-order valence-corrected chi connectivity index (χ3v) is 2.99. The SMILES string of the molecule is CCN1CCN(c2cc(N)nc(C)n2)CC1. The summed E-state index contributed by atoms with van der Waals surface area (Å²) in [5.41, 5.74) is 5.73. The molecular formula is C11H19N5. The average molecular weight is 221 g/mol. The van der Waals surface area contributed by atoms with Gasteiger partial charge < -0.3 is 15.5 Å². The maximum absolute atomic E-state index is 5.73. The van der Waals surface area contributed by atoms with Gasteiger partial charge in [-0.3, -0.25) is 0 Å². The lowest BCUT2D eigenvalue weighted by molar-refractivity contribution is 0.270. The van der Waals surface area contributed by atoms with Crippen LogP contribution in [0.4, 0.5) is 11.6 Å². The van der Waals surface area contributed by atoms with E-state index in [0.717, 1.165) is 44.4 Å². The molecule has 0 radical (unpaired) electrons. The molecule has 5 nitrogen and oxygen atoms in total. The van der Waals surface area contributed by atoms with Crippen LogP contribution in [0.1, 0.15) is 12.7 Å². The minimum atomic E-state index is 0.556. The summed E-state index contributed by atoms with van der Waals surface area (Å²) in [5, 5.41) is 0. The monoisotopic (exact) mass is 221 g/mol. The maximum atomic E-state index is 5.73. The molecule has 0 aliphatic carbocycles. The lowest BCUT2D eigenvalue weighted by atomic mass is 10.3. The number of likely N-dealkylation sites (N-methyl/N-ethyl adjacent to an activating group) is 1. The van der Waals surface area contributed by atoms with E-state index in [1.54, 1.807) is 0 Å². The molecule has 0 bridgehead atoms. The fraction of sp³-hybridized carbons (Fsp3) is 0.636. The van der Waals surface area contributed by atoms with Crippen LogP contribution in [0.5, 0.6) is 0 Å². The van der Waals surface area contributed by atoms with Crippen LogP contribution in [-0.4, -0.2) is 47.6 Å². The van der Waals surface area contributed by atoms with Crippen molar-refractivity contribution in [2.45, 2.75) is 13.8 Å². The third-order valence-electron chi connectivity index (χ3n) is 2.99. The van der Waals surface area contributed by atoms with Gasteiger partial charge in [0.15, 0.2) is 0 Å². The van der Waals surface area contributed by atoms with Gasteiger partial charge in [0.05, 0.1) is 0 Å². The normalized spacial score (nSPS) is 17.8. The van der Waals surface area contributed by atoms with Crippen LogP contribution in [0.15, 0.2) is 6.07 Å². The summed E-state index contributed by atoms with van der Waals surface area (Å²) in [7, 11) is 0. The number of rotatable bonds is 2. The zero-order chi connectivity index (χ0) is 11.5. The van der Waals surface area contributed by atoms with Gasteiger partial charge in [0.25, 0.3) is 0 Å². The van der Waals surface area contributed by atoms with Crippen LogP contribution >= 0.6 is 0 Å². The molecule has 1 aromatic heterocycles. The second kappa shape index (κ2) is 4.65. The number of nitrogen functional groups attached to an aromatic ring is 1. The highest BCUT2D eigenvalue weighted by Crippen LogP contribution is 2.15. The van der Waals surface area contributed by atoms with Gasteiger partial charge >= 0.3 is 0 Å². The lowest BCUT2D eigenvalue weighted by Gasteiger charge is -2.34. The molecule has 1 aliphatic heterocycles. The molecule has 5 heteroatoms. The molecule has 0 saturated carbocycles. The van der Waals surface area contributed by atoms with E-state index in [9.17, 15) is 0 Å². The van der Waals surface area contributed by atoms with Crippen molar-refractivity contribution < 1.29 is 0 Å². The van der Waals surface area contributed by atoms with Crippen LogP contribution < -0.4 is 10.6 Å². The van der Waals surface area contributed by atoms with Gasteiger partial charge in [-0.15, -0.1) is 0 Å². The van der Waals surface area contributed by atoms with Gasteiger partial charge in [0.1, 0.15) is 17.5 Å². The molecule has 88 valence electrons. The highest BCUT2D eigenvalue weighted by atomic mass is 15.3. The Hall–Kier alpha value is -1.36. The molecule has 2 N–H and O–H groups in total. The van der Waals surface area contributed by atoms with Gasteiger partial charge in [-0.2, -0.15) is 0 Å². The molecule has 1 aliphatic rings. The zero-order valence-electron chi connectivity index (χ0n) is 9.98. The molecule has 1 saturated heterocycles. The fourth-order valence-corrected chi connectivity index (χ4v) is 2.03. The number of nitrogens with zero attached hydrogens (tertiary/aromatic N) is 4. The first kappa shape index (κ1) is 11.1. The summed E-state index contributed by atoms with van der Waals surface area (Å²) in [6.45, 7) is 9.43. The van der Waals surface area contributed by atoms with E-state index in [-0.39, 0.29) is 0 Å². The van der Waals surface area contributed by atoms with Crippen molar-refractivity contribution >= 4 is 11.6 Å². The van der Waals surface area contributed by atoms with Crippen LogP contribution in [0, 0.1) is 6.92 Å². The molecule has 0 spiro atoms. The Morgan fingerprint density at radius 1 is 1.25 bits per heavy atom. The number of nitrogens with two attached hydrogens (primary N) is 1. The van der Waals surface area contributed by atoms with Gasteiger partial charge in [-0.05, 0) is 13.5 Å².